The van der Waals surface area contributed by atoms with Gasteiger partial charge in [0.1, 0.15) is 0 Å². The lowest BCUT2D eigenvalue weighted by Crippen LogP contribution is -2.35. The average Bonchev–Trinajstić information content (AvgIpc) is 2.04. The molecule has 0 aromatic carbocycles. The molecular weight excluding hydrogens is 142 g/mol. The monoisotopic (exact) mass is 158 g/mol. The molecule has 1 aliphatic carbocycles. The van der Waals surface area contributed by atoms with Gasteiger partial charge in [0, 0.05) is 12.6 Å². The molecule has 1 rings (SSSR count). The molecule has 0 aromatic heterocycles. The molecule has 65 valence electrons. The van der Waals surface area contributed by atoms with E-state index in [1.165, 1.54) is 0 Å². The molecule has 0 atom stereocenters. The van der Waals surface area contributed by atoms with Crippen LogP contribution in [-0.4, -0.2) is 30.4 Å². The summed E-state index contributed by atoms with van der Waals surface area (Å²) in [4.78, 5) is 0. The second-order valence-electron chi connectivity index (χ2n) is 3.16. The molecule has 1 radical (unpaired) electrons. The summed E-state index contributed by atoms with van der Waals surface area (Å²) in [6.07, 6.45) is 3.70. The Hall–Kier alpha value is -0.120. The van der Waals surface area contributed by atoms with Gasteiger partial charge in [0.15, 0.2) is 0 Å². The molecule has 0 amide bonds. The Kier molecular flexibility index (Phi) is 3.83. The van der Waals surface area contributed by atoms with E-state index in [0.29, 0.717) is 12.6 Å². The lowest BCUT2D eigenvalue weighted by Gasteiger charge is -2.25. The van der Waals surface area contributed by atoms with Crippen LogP contribution in [0.4, 0.5) is 0 Å². The zero-order valence-corrected chi connectivity index (χ0v) is 6.75. The largest absolute Gasteiger partial charge is 0.393 e. The van der Waals surface area contributed by atoms with E-state index >= 15 is 0 Å². The SMILES string of the molecule is [O]CCNC1CCC(O)CC1. The number of aliphatic hydroxyl groups is 1. The van der Waals surface area contributed by atoms with Crippen LogP contribution < -0.4 is 5.32 Å². The van der Waals surface area contributed by atoms with Crippen LogP contribution in [0.3, 0.4) is 0 Å². The first kappa shape index (κ1) is 8.97. The first-order valence-corrected chi connectivity index (χ1v) is 4.32. The quantitative estimate of drug-likeness (QED) is 0.621. The van der Waals surface area contributed by atoms with Gasteiger partial charge in [-0.25, -0.2) is 5.11 Å². The standard InChI is InChI=1S/C8H16NO2/c10-6-5-9-7-1-3-8(11)4-2-7/h7-9,11H,1-6H2. The van der Waals surface area contributed by atoms with Gasteiger partial charge in [-0.15, -0.1) is 0 Å². The molecule has 11 heavy (non-hydrogen) atoms. The molecular formula is C8H16NO2. The van der Waals surface area contributed by atoms with E-state index in [2.05, 4.69) is 5.32 Å². The molecule has 3 heteroatoms. The first-order valence-electron chi connectivity index (χ1n) is 4.32. The summed E-state index contributed by atoms with van der Waals surface area (Å²) in [6, 6.07) is 0.479. The number of hydrogen-bond acceptors (Lipinski definition) is 2. The minimum atomic E-state index is -0.0969. The maximum absolute atomic E-state index is 10.1. The Balaban J connectivity index is 2.07. The van der Waals surface area contributed by atoms with Crippen molar-refractivity contribution in [3.63, 3.8) is 0 Å². The maximum atomic E-state index is 10.1. The first-order chi connectivity index (χ1) is 5.33. The highest BCUT2D eigenvalue weighted by molar-refractivity contribution is 4.75. The molecule has 0 bridgehead atoms. The third-order valence-corrected chi connectivity index (χ3v) is 2.23. The van der Waals surface area contributed by atoms with Gasteiger partial charge >= 0.3 is 0 Å². The predicted molar refractivity (Wildman–Crippen MR) is 41.8 cm³/mol. The summed E-state index contributed by atoms with van der Waals surface area (Å²) >= 11 is 0. The minimum Gasteiger partial charge on any atom is -0.393 e. The van der Waals surface area contributed by atoms with Crippen molar-refractivity contribution in [1.29, 1.82) is 0 Å². The van der Waals surface area contributed by atoms with Gasteiger partial charge < -0.3 is 10.4 Å². The van der Waals surface area contributed by atoms with Gasteiger partial charge in [-0.1, -0.05) is 0 Å². The van der Waals surface area contributed by atoms with Crippen LogP contribution in [0.5, 0.6) is 0 Å². The fraction of sp³-hybridized carbons (Fsp3) is 1.00. The van der Waals surface area contributed by atoms with E-state index in [-0.39, 0.29) is 12.7 Å². The lowest BCUT2D eigenvalue weighted by molar-refractivity contribution is 0.113. The molecule has 0 aliphatic heterocycles. The smallest absolute Gasteiger partial charge is 0.0946 e. The Labute approximate surface area is 67.4 Å². The Morgan fingerprint density at radius 2 is 1.91 bits per heavy atom. The molecule has 0 aromatic rings. The fourth-order valence-corrected chi connectivity index (χ4v) is 1.54. The van der Waals surface area contributed by atoms with Crippen LogP contribution in [0, 0.1) is 0 Å². The summed E-state index contributed by atoms with van der Waals surface area (Å²) in [5, 5.41) is 22.5. The van der Waals surface area contributed by atoms with Crippen molar-refractivity contribution in [2.75, 3.05) is 13.2 Å². The van der Waals surface area contributed by atoms with Crippen molar-refractivity contribution in [3.8, 4) is 0 Å². The summed E-state index contributed by atoms with van der Waals surface area (Å²) in [5.74, 6) is 0. The molecule has 2 N–H and O–H groups in total. The van der Waals surface area contributed by atoms with Crippen LogP contribution in [0.25, 0.3) is 0 Å². The zero-order chi connectivity index (χ0) is 8.10. The summed E-state index contributed by atoms with van der Waals surface area (Å²) in [7, 11) is 0. The van der Waals surface area contributed by atoms with Crippen molar-refractivity contribution in [3.05, 3.63) is 0 Å². The lowest BCUT2D eigenvalue weighted by atomic mass is 9.93. The molecule has 1 saturated carbocycles. The van der Waals surface area contributed by atoms with E-state index < -0.39 is 0 Å². The zero-order valence-electron chi connectivity index (χ0n) is 6.75. The average molecular weight is 158 g/mol. The second kappa shape index (κ2) is 4.70. The summed E-state index contributed by atoms with van der Waals surface area (Å²) < 4.78 is 0. The van der Waals surface area contributed by atoms with Crippen LogP contribution >= 0.6 is 0 Å². The summed E-state index contributed by atoms with van der Waals surface area (Å²) in [5.41, 5.74) is 0. The van der Waals surface area contributed by atoms with E-state index in [1.54, 1.807) is 0 Å². The van der Waals surface area contributed by atoms with Crippen molar-refractivity contribution in [2.45, 2.75) is 37.8 Å². The maximum Gasteiger partial charge on any atom is 0.0946 e. The van der Waals surface area contributed by atoms with Crippen LogP contribution in [0.2, 0.25) is 0 Å². The predicted octanol–water partition coefficient (Wildman–Crippen LogP) is 0.310. The van der Waals surface area contributed by atoms with Gasteiger partial charge in [-0.2, -0.15) is 0 Å². The van der Waals surface area contributed by atoms with Crippen molar-refractivity contribution in [1.82, 2.24) is 5.32 Å². The van der Waals surface area contributed by atoms with E-state index in [1.807, 2.05) is 0 Å². The highest BCUT2D eigenvalue weighted by Crippen LogP contribution is 2.17. The van der Waals surface area contributed by atoms with Gasteiger partial charge in [-0.05, 0) is 25.7 Å². The van der Waals surface area contributed by atoms with Crippen molar-refractivity contribution < 1.29 is 10.2 Å². The second-order valence-corrected chi connectivity index (χ2v) is 3.16. The number of hydrogen-bond donors (Lipinski definition) is 2. The number of nitrogens with one attached hydrogen (secondary N) is 1. The number of aliphatic hydroxyl groups excluding tert-OH is 1. The third kappa shape index (κ3) is 3.18. The van der Waals surface area contributed by atoms with Crippen LogP contribution in [-0.2, 0) is 5.11 Å². The van der Waals surface area contributed by atoms with Crippen LogP contribution in [0.15, 0.2) is 0 Å². The number of rotatable bonds is 3. The topological polar surface area (TPSA) is 52.2 Å². The molecule has 0 heterocycles. The van der Waals surface area contributed by atoms with Gasteiger partial charge in [-0.3, -0.25) is 0 Å². The highest BCUT2D eigenvalue weighted by atomic mass is 16.3. The molecule has 0 saturated heterocycles. The van der Waals surface area contributed by atoms with Gasteiger partial charge in [0.2, 0.25) is 0 Å². The van der Waals surface area contributed by atoms with E-state index in [9.17, 15) is 5.11 Å². The van der Waals surface area contributed by atoms with E-state index in [4.69, 9.17) is 5.11 Å². The van der Waals surface area contributed by atoms with Crippen LogP contribution in [0.1, 0.15) is 25.7 Å². The Morgan fingerprint density at radius 1 is 1.27 bits per heavy atom. The van der Waals surface area contributed by atoms with E-state index in [0.717, 1.165) is 25.7 Å². The molecule has 1 fully saturated rings. The Morgan fingerprint density at radius 3 is 2.45 bits per heavy atom. The molecule has 3 nitrogen and oxygen atoms in total. The normalized spacial score (nSPS) is 32.2. The fourth-order valence-electron chi connectivity index (χ4n) is 1.54. The van der Waals surface area contributed by atoms with Gasteiger partial charge in [0.25, 0.3) is 0 Å². The van der Waals surface area contributed by atoms with Gasteiger partial charge in [0.05, 0.1) is 12.7 Å². The highest BCUT2D eigenvalue weighted by Gasteiger charge is 2.17. The third-order valence-electron chi connectivity index (χ3n) is 2.23. The summed E-state index contributed by atoms with van der Waals surface area (Å²) in [6.45, 7) is 0.528. The molecule has 0 spiro atoms. The van der Waals surface area contributed by atoms with Crippen molar-refractivity contribution in [2.24, 2.45) is 0 Å². The Bertz CT molecular complexity index is 97.5. The molecule has 0 unspecified atom stereocenters. The molecule has 1 aliphatic rings. The minimum absolute atomic E-state index is 0.0426. The van der Waals surface area contributed by atoms with Crippen molar-refractivity contribution >= 4 is 0 Å².